The Morgan fingerprint density at radius 2 is 2.29 bits per heavy atom. The van der Waals surface area contributed by atoms with E-state index in [4.69, 9.17) is 0 Å². The number of Topliss-reactive ketones (excluding diaryl/α,β-unsaturated/α-hetero) is 1. The highest BCUT2D eigenvalue weighted by atomic mass is 32.2. The number of carbonyl (C=O) groups excluding carboxylic acids is 1. The van der Waals surface area contributed by atoms with Crippen LogP contribution < -0.4 is 0 Å². The molecule has 0 unspecified atom stereocenters. The first kappa shape index (κ1) is 13.0. The molecule has 0 N–H and O–H groups in total. The van der Waals surface area contributed by atoms with Crippen molar-refractivity contribution >= 4 is 33.7 Å². The van der Waals surface area contributed by atoms with Crippen molar-refractivity contribution in [3.05, 3.63) is 41.1 Å². The highest BCUT2D eigenvalue weighted by Gasteiger charge is 2.19. The lowest BCUT2D eigenvalue weighted by atomic mass is 9.96. The van der Waals surface area contributed by atoms with Gasteiger partial charge in [-0.3, -0.25) is 9.20 Å². The van der Waals surface area contributed by atoms with Crippen LogP contribution >= 0.6 is 23.1 Å². The average Bonchev–Trinajstić information content (AvgIpc) is 3.09. The average molecular weight is 316 g/mol. The number of fused-ring (bicyclic) bond motifs is 2. The van der Waals surface area contributed by atoms with Gasteiger partial charge in [-0.15, -0.1) is 11.3 Å². The highest BCUT2D eigenvalue weighted by molar-refractivity contribution is 7.98. The van der Waals surface area contributed by atoms with Crippen molar-refractivity contribution in [1.29, 1.82) is 0 Å². The van der Waals surface area contributed by atoms with Crippen molar-refractivity contribution in [2.45, 2.75) is 30.2 Å². The summed E-state index contributed by atoms with van der Waals surface area (Å²) in [5.74, 6) is 0.967. The number of ketones is 1. The van der Waals surface area contributed by atoms with E-state index in [1.54, 1.807) is 29.3 Å². The Kier molecular flexibility index (Phi) is 3.23. The maximum atomic E-state index is 11.8. The van der Waals surface area contributed by atoms with Crippen LogP contribution in [0.5, 0.6) is 0 Å². The van der Waals surface area contributed by atoms with E-state index < -0.39 is 0 Å². The number of thiazole rings is 1. The molecule has 0 aromatic carbocycles. The van der Waals surface area contributed by atoms with Gasteiger partial charge in [-0.1, -0.05) is 11.8 Å². The molecule has 0 spiro atoms. The van der Waals surface area contributed by atoms with Crippen LogP contribution in [-0.4, -0.2) is 25.1 Å². The molecule has 0 saturated carbocycles. The largest absolute Gasteiger partial charge is 0.294 e. The summed E-state index contributed by atoms with van der Waals surface area (Å²) in [4.78, 5) is 25.9. The SMILES string of the molecule is O=C1CCCc2nc(SCc3csc4cncn34)ncc21. The van der Waals surface area contributed by atoms with Gasteiger partial charge in [0.15, 0.2) is 10.9 Å². The van der Waals surface area contributed by atoms with Gasteiger partial charge in [-0.05, 0) is 12.8 Å². The molecule has 0 bridgehead atoms. The molecule has 1 aliphatic carbocycles. The van der Waals surface area contributed by atoms with Gasteiger partial charge >= 0.3 is 0 Å². The summed E-state index contributed by atoms with van der Waals surface area (Å²) < 4.78 is 2.08. The molecule has 5 nitrogen and oxygen atoms in total. The molecule has 0 aliphatic heterocycles. The quantitative estimate of drug-likeness (QED) is 0.549. The Morgan fingerprint density at radius 3 is 3.24 bits per heavy atom. The third kappa shape index (κ3) is 2.36. The lowest BCUT2D eigenvalue weighted by molar-refractivity contribution is 0.0970. The fraction of sp³-hybridized carbons (Fsp3) is 0.286. The fourth-order valence-corrected chi connectivity index (χ4v) is 4.22. The number of nitrogens with zero attached hydrogens (tertiary/aromatic N) is 4. The second-order valence-electron chi connectivity index (χ2n) is 4.91. The van der Waals surface area contributed by atoms with E-state index in [2.05, 4.69) is 24.7 Å². The van der Waals surface area contributed by atoms with Crippen LogP contribution in [0.3, 0.4) is 0 Å². The predicted octanol–water partition coefficient (Wildman–Crippen LogP) is 3.00. The van der Waals surface area contributed by atoms with Gasteiger partial charge < -0.3 is 0 Å². The Hall–Kier alpha value is -1.73. The Morgan fingerprint density at radius 1 is 1.33 bits per heavy atom. The molecule has 7 heteroatoms. The molecule has 21 heavy (non-hydrogen) atoms. The van der Waals surface area contributed by atoms with Gasteiger partial charge in [-0.25, -0.2) is 15.0 Å². The van der Waals surface area contributed by atoms with Crippen molar-refractivity contribution in [3.63, 3.8) is 0 Å². The molecule has 0 atom stereocenters. The number of hydrogen-bond donors (Lipinski definition) is 0. The Bertz CT molecular complexity index is 823. The summed E-state index contributed by atoms with van der Waals surface area (Å²) >= 11 is 3.28. The number of aromatic nitrogens is 4. The van der Waals surface area contributed by atoms with E-state index in [1.165, 1.54) is 5.69 Å². The van der Waals surface area contributed by atoms with E-state index in [0.29, 0.717) is 12.0 Å². The minimum atomic E-state index is 0.172. The van der Waals surface area contributed by atoms with Gasteiger partial charge in [0.1, 0.15) is 11.2 Å². The smallest absolute Gasteiger partial charge is 0.188 e. The predicted molar refractivity (Wildman–Crippen MR) is 81.9 cm³/mol. The van der Waals surface area contributed by atoms with Crippen LogP contribution in [0.4, 0.5) is 0 Å². The van der Waals surface area contributed by atoms with Crippen LogP contribution in [-0.2, 0) is 12.2 Å². The summed E-state index contributed by atoms with van der Waals surface area (Å²) in [6.45, 7) is 0. The highest BCUT2D eigenvalue weighted by Crippen LogP contribution is 2.26. The molecular weight excluding hydrogens is 304 g/mol. The van der Waals surface area contributed by atoms with Gasteiger partial charge in [0.2, 0.25) is 0 Å². The fourth-order valence-electron chi connectivity index (χ4n) is 2.46. The minimum Gasteiger partial charge on any atom is -0.294 e. The van der Waals surface area contributed by atoms with Crippen LogP contribution in [0.15, 0.2) is 29.3 Å². The molecule has 3 heterocycles. The zero-order valence-corrected chi connectivity index (χ0v) is 12.8. The van der Waals surface area contributed by atoms with Crippen LogP contribution in [0.2, 0.25) is 0 Å². The van der Waals surface area contributed by atoms with E-state index in [-0.39, 0.29) is 5.78 Å². The normalized spacial score (nSPS) is 14.6. The molecular formula is C14H12N4OS2. The molecule has 3 aromatic heterocycles. The number of imidazole rings is 1. The van der Waals surface area contributed by atoms with E-state index in [0.717, 1.165) is 34.3 Å². The van der Waals surface area contributed by atoms with Crippen LogP contribution in [0.25, 0.3) is 4.83 Å². The molecule has 106 valence electrons. The molecule has 0 fully saturated rings. The topological polar surface area (TPSA) is 60.2 Å². The van der Waals surface area contributed by atoms with Crippen molar-refractivity contribution in [2.24, 2.45) is 0 Å². The Balaban J connectivity index is 1.55. The third-order valence-electron chi connectivity index (χ3n) is 3.54. The second-order valence-corrected chi connectivity index (χ2v) is 6.74. The van der Waals surface area contributed by atoms with E-state index in [1.807, 2.05) is 12.5 Å². The van der Waals surface area contributed by atoms with Crippen LogP contribution in [0.1, 0.15) is 34.6 Å². The first-order valence-electron chi connectivity index (χ1n) is 6.71. The summed E-state index contributed by atoms with van der Waals surface area (Å²) in [5, 5.41) is 2.87. The van der Waals surface area contributed by atoms with E-state index in [9.17, 15) is 4.79 Å². The summed E-state index contributed by atoms with van der Waals surface area (Å²) in [7, 11) is 0. The molecule has 0 saturated heterocycles. The zero-order valence-electron chi connectivity index (χ0n) is 11.2. The van der Waals surface area contributed by atoms with Gasteiger partial charge in [0, 0.05) is 29.4 Å². The number of aryl methyl sites for hydroxylation is 1. The Labute approximate surface area is 129 Å². The van der Waals surface area contributed by atoms with Crippen molar-refractivity contribution in [3.8, 4) is 0 Å². The maximum Gasteiger partial charge on any atom is 0.188 e. The number of rotatable bonds is 3. The van der Waals surface area contributed by atoms with Gasteiger partial charge in [0.25, 0.3) is 0 Å². The van der Waals surface area contributed by atoms with Gasteiger partial charge in [-0.2, -0.15) is 0 Å². The molecule has 3 aromatic rings. The van der Waals surface area contributed by atoms with Crippen molar-refractivity contribution in [2.75, 3.05) is 0 Å². The maximum absolute atomic E-state index is 11.8. The number of carbonyl (C=O) groups is 1. The zero-order chi connectivity index (χ0) is 14.2. The standard InChI is InChI=1S/C14H12N4OS2/c19-12-3-1-2-11-10(12)4-16-14(17-11)21-7-9-6-20-13-5-15-8-18(9)13/h4-6,8H,1-3,7H2. The molecule has 0 amide bonds. The number of hydrogen-bond acceptors (Lipinski definition) is 6. The lowest BCUT2D eigenvalue weighted by Gasteiger charge is -2.13. The molecule has 1 aliphatic rings. The summed E-state index contributed by atoms with van der Waals surface area (Å²) in [6, 6.07) is 0. The van der Waals surface area contributed by atoms with Gasteiger partial charge in [0.05, 0.1) is 17.5 Å². The summed E-state index contributed by atoms with van der Waals surface area (Å²) in [6.07, 6.45) is 7.77. The molecule has 4 rings (SSSR count). The van der Waals surface area contributed by atoms with Crippen LogP contribution in [0, 0.1) is 0 Å². The molecule has 0 radical (unpaired) electrons. The van der Waals surface area contributed by atoms with E-state index >= 15 is 0 Å². The third-order valence-corrected chi connectivity index (χ3v) is 5.37. The summed E-state index contributed by atoms with van der Waals surface area (Å²) in [5.41, 5.74) is 2.80. The van der Waals surface area contributed by atoms with Crippen molar-refractivity contribution < 1.29 is 4.79 Å². The lowest BCUT2D eigenvalue weighted by Crippen LogP contribution is -2.13. The first-order chi connectivity index (χ1) is 10.3. The minimum absolute atomic E-state index is 0.172. The monoisotopic (exact) mass is 316 g/mol. The van der Waals surface area contributed by atoms with Crippen molar-refractivity contribution in [1.82, 2.24) is 19.4 Å². The second kappa shape index (κ2) is 5.23. The first-order valence-corrected chi connectivity index (χ1v) is 8.58. The number of thioether (sulfide) groups is 1.